The number of halogens is 2. The molecule has 4 nitrogen and oxygen atoms in total. The largest absolute Gasteiger partial charge is 0.469 e. The molecular weight excluding hydrogens is 242 g/mol. The monoisotopic (exact) mass is 254 g/mol. The number of anilines is 1. The first-order chi connectivity index (χ1) is 8.51. The van der Waals surface area contributed by atoms with Crippen molar-refractivity contribution < 1.29 is 18.3 Å². The summed E-state index contributed by atoms with van der Waals surface area (Å²) in [5.74, 6) is -2.71. The Bertz CT molecular complexity index is 498. The van der Waals surface area contributed by atoms with E-state index in [4.69, 9.17) is 5.26 Å². The van der Waals surface area contributed by atoms with E-state index in [1.165, 1.54) is 31.2 Å². The molecule has 0 aromatic heterocycles. The summed E-state index contributed by atoms with van der Waals surface area (Å²) in [4.78, 5) is 12.3. The van der Waals surface area contributed by atoms with Gasteiger partial charge in [0.15, 0.2) is 11.6 Å². The van der Waals surface area contributed by atoms with Gasteiger partial charge in [-0.05, 0) is 12.1 Å². The molecule has 1 aromatic rings. The summed E-state index contributed by atoms with van der Waals surface area (Å²) in [5.41, 5.74) is -0.354. The third kappa shape index (κ3) is 2.94. The number of ether oxygens (including phenoxy) is 1. The van der Waals surface area contributed by atoms with Crippen molar-refractivity contribution >= 4 is 11.7 Å². The molecule has 0 amide bonds. The van der Waals surface area contributed by atoms with Gasteiger partial charge in [-0.3, -0.25) is 4.79 Å². The van der Waals surface area contributed by atoms with Gasteiger partial charge in [-0.25, -0.2) is 8.78 Å². The molecule has 0 aliphatic rings. The van der Waals surface area contributed by atoms with Crippen LogP contribution >= 0.6 is 0 Å². The van der Waals surface area contributed by atoms with E-state index in [-0.39, 0.29) is 24.2 Å². The molecule has 6 heteroatoms. The Labute approximate surface area is 103 Å². The number of benzene rings is 1. The minimum Gasteiger partial charge on any atom is -0.469 e. The average Bonchev–Trinajstić information content (AvgIpc) is 2.38. The van der Waals surface area contributed by atoms with Crippen LogP contribution in [0.5, 0.6) is 0 Å². The molecule has 0 aliphatic heterocycles. The van der Waals surface area contributed by atoms with E-state index < -0.39 is 17.6 Å². The summed E-state index contributed by atoms with van der Waals surface area (Å²) in [6, 6.07) is 4.05. The van der Waals surface area contributed by atoms with Gasteiger partial charge in [-0.15, -0.1) is 0 Å². The predicted molar refractivity (Wildman–Crippen MR) is 61.0 cm³/mol. The van der Waals surface area contributed by atoms with Crippen molar-refractivity contribution in [2.24, 2.45) is 0 Å². The van der Waals surface area contributed by atoms with Gasteiger partial charge < -0.3 is 9.64 Å². The van der Waals surface area contributed by atoms with Crippen molar-refractivity contribution in [1.82, 2.24) is 0 Å². The van der Waals surface area contributed by atoms with Gasteiger partial charge in [0.1, 0.15) is 6.07 Å². The number of rotatable bonds is 4. The maximum absolute atomic E-state index is 13.6. The summed E-state index contributed by atoms with van der Waals surface area (Å²) < 4.78 is 31.4. The first-order valence-electron chi connectivity index (χ1n) is 5.17. The summed E-state index contributed by atoms with van der Waals surface area (Å²) in [6.07, 6.45) is 0.0636. The second-order valence-corrected chi connectivity index (χ2v) is 3.62. The SMILES string of the molecule is COC(=O)CCN(C)c1ccc(C#N)c(F)c1F. The molecule has 0 aliphatic carbocycles. The highest BCUT2D eigenvalue weighted by Gasteiger charge is 2.16. The molecule has 0 saturated heterocycles. The van der Waals surface area contributed by atoms with Crippen LogP contribution in [-0.4, -0.2) is 26.7 Å². The van der Waals surface area contributed by atoms with Crippen LogP contribution in [0.15, 0.2) is 12.1 Å². The lowest BCUT2D eigenvalue weighted by molar-refractivity contribution is -0.140. The molecule has 0 fully saturated rings. The molecule has 1 rings (SSSR count). The minimum atomic E-state index is -1.18. The molecule has 0 N–H and O–H groups in total. The topological polar surface area (TPSA) is 53.3 Å². The van der Waals surface area contributed by atoms with Crippen LogP contribution < -0.4 is 4.90 Å². The van der Waals surface area contributed by atoms with Crippen LogP contribution in [-0.2, 0) is 9.53 Å². The molecule has 0 saturated carbocycles. The van der Waals surface area contributed by atoms with E-state index in [1.54, 1.807) is 6.07 Å². The smallest absolute Gasteiger partial charge is 0.307 e. The molecule has 0 atom stereocenters. The number of nitriles is 1. The first-order valence-corrected chi connectivity index (χ1v) is 5.17. The van der Waals surface area contributed by atoms with Gasteiger partial charge in [0, 0.05) is 13.6 Å². The van der Waals surface area contributed by atoms with Crippen LogP contribution in [0, 0.1) is 23.0 Å². The molecule has 0 heterocycles. The molecule has 0 spiro atoms. The zero-order valence-corrected chi connectivity index (χ0v) is 10.0. The van der Waals surface area contributed by atoms with Gasteiger partial charge in [-0.1, -0.05) is 0 Å². The Kier molecular flexibility index (Phi) is 4.60. The maximum atomic E-state index is 13.6. The number of esters is 1. The number of methoxy groups -OCH3 is 1. The molecule has 0 unspecified atom stereocenters. The van der Waals surface area contributed by atoms with Crippen molar-refractivity contribution in [3.63, 3.8) is 0 Å². The fourth-order valence-electron chi connectivity index (χ4n) is 1.40. The summed E-state index contributed by atoms with van der Waals surface area (Å²) in [5, 5.41) is 8.55. The zero-order chi connectivity index (χ0) is 13.7. The third-order valence-corrected chi connectivity index (χ3v) is 2.47. The third-order valence-electron chi connectivity index (χ3n) is 2.47. The fourth-order valence-corrected chi connectivity index (χ4v) is 1.40. The Morgan fingerprint density at radius 2 is 2.11 bits per heavy atom. The number of hydrogen-bond donors (Lipinski definition) is 0. The van der Waals surface area contributed by atoms with Crippen molar-refractivity contribution in [3.8, 4) is 6.07 Å². The lowest BCUT2D eigenvalue weighted by Gasteiger charge is -2.19. The Morgan fingerprint density at radius 1 is 1.44 bits per heavy atom. The molecule has 0 bridgehead atoms. The van der Waals surface area contributed by atoms with E-state index in [9.17, 15) is 13.6 Å². The van der Waals surface area contributed by atoms with E-state index in [1.807, 2.05) is 0 Å². The second-order valence-electron chi connectivity index (χ2n) is 3.62. The van der Waals surface area contributed by atoms with Gasteiger partial charge in [-0.2, -0.15) is 5.26 Å². The Morgan fingerprint density at radius 3 is 2.67 bits per heavy atom. The van der Waals surface area contributed by atoms with Crippen molar-refractivity contribution in [2.75, 3.05) is 25.6 Å². The van der Waals surface area contributed by atoms with Crippen LogP contribution in [0.25, 0.3) is 0 Å². The first kappa shape index (κ1) is 13.9. The summed E-state index contributed by atoms with van der Waals surface area (Å²) in [6.45, 7) is 0.189. The standard InChI is InChI=1S/C12H12F2N2O2/c1-16(6-5-10(17)18-2)9-4-3-8(7-15)11(13)12(9)14/h3-4H,5-6H2,1-2H3. The van der Waals surface area contributed by atoms with Crippen molar-refractivity contribution in [2.45, 2.75) is 6.42 Å². The normalized spacial score (nSPS) is 9.72. The van der Waals surface area contributed by atoms with E-state index in [0.29, 0.717) is 0 Å². The van der Waals surface area contributed by atoms with Gasteiger partial charge in [0.25, 0.3) is 0 Å². The van der Waals surface area contributed by atoms with Gasteiger partial charge in [0.05, 0.1) is 24.8 Å². The van der Waals surface area contributed by atoms with E-state index >= 15 is 0 Å². The highest BCUT2D eigenvalue weighted by atomic mass is 19.2. The highest BCUT2D eigenvalue weighted by Crippen LogP contribution is 2.23. The maximum Gasteiger partial charge on any atom is 0.307 e. The number of carbonyl (C=O) groups excluding carboxylic acids is 1. The molecule has 96 valence electrons. The quantitative estimate of drug-likeness (QED) is 0.769. The summed E-state index contributed by atoms with van der Waals surface area (Å²) >= 11 is 0. The summed E-state index contributed by atoms with van der Waals surface area (Å²) in [7, 11) is 2.77. The predicted octanol–water partition coefficient (Wildman–Crippen LogP) is 1.84. The van der Waals surface area contributed by atoms with Crippen molar-refractivity contribution in [3.05, 3.63) is 29.3 Å². The van der Waals surface area contributed by atoms with Crippen LogP contribution in [0.2, 0.25) is 0 Å². The van der Waals surface area contributed by atoms with Gasteiger partial charge >= 0.3 is 5.97 Å². The van der Waals surface area contributed by atoms with Crippen molar-refractivity contribution in [1.29, 1.82) is 5.26 Å². The second kappa shape index (κ2) is 5.96. The Hall–Kier alpha value is -2.16. The zero-order valence-electron chi connectivity index (χ0n) is 10.0. The Balaban J connectivity index is 2.87. The highest BCUT2D eigenvalue weighted by molar-refractivity contribution is 5.70. The van der Waals surface area contributed by atoms with E-state index in [2.05, 4.69) is 4.74 Å². The number of nitrogens with zero attached hydrogens (tertiary/aromatic N) is 2. The van der Waals surface area contributed by atoms with Crippen LogP contribution in [0.1, 0.15) is 12.0 Å². The van der Waals surface area contributed by atoms with Crippen LogP contribution in [0.3, 0.4) is 0 Å². The minimum absolute atomic E-state index is 0.00426. The molecular formula is C12H12F2N2O2. The lowest BCUT2D eigenvalue weighted by atomic mass is 10.2. The van der Waals surface area contributed by atoms with Crippen LogP contribution in [0.4, 0.5) is 14.5 Å². The lowest BCUT2D eigenvalue weighted by Crippen LogP contribution is -2.23. The van der Waals surface area contributed by atoms with E-state index in [0.717, 1.165) is 0 Å². The number of hydrogen-bond acceptors (Lipinski definition) is 4. The molecule has 18 heavy (non-hydrogen) atoms. The molecule has 0 radical (unpaired) electrons. The van der Waals surface area contributed by atoms with Gasteiger partial charge in [0.2, 0.25) is 0 Å². The fraction of sp³-hybridized carbons (Fsp3) is 0.333. The average molecular weight is 254 g/mol. The number of carbonyl (C=O) groups is 1. The molecule has 1 aromatic carbocycles.